The molecule has 1 nitrogen and oxygen atoms in total. The van der Waals surface area contributed by atoms with Crippen molar-refractivity contribution in [3.8, 4) is 0 Å². The van der Waals surface area contributed by atoms with Gasteiger partial charge in [0.25, 0.3) is 0 Å². The van der Waals surface area contributed by atoms with Crippen molar-refractivity contribution in [1.82, 2.24) is 4.57 Å². The van der Waals surface area contributed by atoms with Gasteiger partial charge < -0.3 is 0 Å². The molecule has 0 aliphatic carbocycles. The van der Waals surface area contributed by atoms with Gasteiger partial charge in [0, 0.05) is 11.9 Å². The molecule has 1 aromatic rings. The average molecular weight is 131 g/mol. The second-order valence-corrected chi connectivity index (χ2v) is 1.83. The van der Waals surface area contributed by atoms with E-state index in [1.165, 1.54) is 6.20 Å². The standard InChI is InChI=1S/C6H7F2N/c1-5-3-2-4-9(5)6(7)8/h2-4,6H,1H3. The van der Waals surface area contributed by atoms with E-state index >= 15 is 0 Å². The maximum absolute atomic E-state index is 11.8. The Morgan fingerprint density at radius 1 is 1.56 bits per heavy atom. The fourth-order valence-corrected chi connectivity index (χ4v) is 0.698. The third-order valence-corrected chi connectivity index (χ3v) is 1.20. The highest BCUT2D eigenvalue weighted by molar-refractivity contribution is 5.04. The first-order valence-electron chi connectivity index (χ1n) is 2.63. The molecule has 0 N–H and O–H groups in total. The van der Waals surface area contributed by atoms with Crippen LogP contribution in [0.1, 0.15) is 12.2 Å². The van der Waals surface area contributed by atoms with E-state index in [1.807, 2.05) is 0 Å². The van der Waals surface area contributed by atoms with Crippen molar-refractivity contribution in [3.05, 3.63) is 24.0 Å². The SMILES string of the molecule is Cc1cccn1C(F)F. The van der Waals surface area contributed by atoms with Crippen LogP contribution in [-0.4, -0.2) is 4.57 Å². The van der Waals surface area contributed by atoms with Crippen LogP contribution in [0.5, 0.6) is 0 Å². The molecule has 1 aromatic heterocycles. The second-order valence-electron chi connectivity index (χ2n) is 1.83. The Bertz CT molecular complexity index is 193. The van der Waals surface area contributed by atoms with Crippen molar-refractivity contribution in [2.75, 3.05) is 0 Å². The van der Waals surface area contributed by atoms with Gasteiger partial charge >= 0.3 is 6.55 Å². The molecule has 0 saturated carbocycles. The summed E-state index contributed by atoms with van der Waals surface area (Å²) in [4.78, 5) is 0. The van der Waals surface area contributed by atoms with Crippen LogP contribution in [-0.2, 0) is 0 Å². The molecule has 0 amide bonds. The summed E-state index contributed by atoms with van der Waals surface area (Å²) in [7, 11) is 0. The van der Waals surface area contributed by atoms with Gasteiger partial charge in [-0.05, 0) is 19.1 Å². The Hall–Kier alpha value is -0.860. The first-order valence-corrected chi connectivity index (χ1v) is 2.63. The number of rotatable bonds is 1. The Morgan fingerprint density at radius 2 is 2.22 bits per heavy atom. The van der Waals surface area contributed by atoms with Gasteiger partial charge in [-0.25, -0.2) is 0 Å². The minimum absolute atomic E-state index is 0.588. The van der Waals surface area contributed by atoms with Gasteiger partial charge in [-0.15, -0.1) is 0 Å². The Morgan fingerprint density at radius 3 is 2.44 bits per heavy atom. The van der Waals surface area contributed by atoms with Crippen LogP contribution in [0.4, 0.5) is 8.78 Å². The van der Waals surface area contributed by atoms with Gasteiger partial charge in [0.1, 0.15) is 0 Å². The molecule has 0 atom stereocenters. The zero-order valence-corrected chi connectivity index (χ0v) is 5.01. The van der Waals surface area contributed by atoms with Crippen molar-refractivity contribution in [3.63, 3.8) is 0 Å². The van der Waals surface area contributed by atoms with Gasteiger partial charge in [-0.3, -0.25) is 4.57 Å². The Balaban J connectivity index is 2.94. The number of alkyl halides is 2. The van der Waals surface area contributed by atoms with Crippen LogP contribution in [0.3, 0.4) is 0 Å². The van der Waals surface area contributed by atoms with Gasteiger partial charge in [0.15, 0.2) is 0 Å². The molecule has 1 heterocycles. The highest BCUT2D eigenvalue weighted by atomic mass is 19.3. The van der Waals surface area contributed by atoms with Crippen LogP contribution in [0, 0.1) is 6.92 Å². The molecule has 3 heteroatoms. The summed E-state index contributed by atoms with van der Waals surface area (Å²) in [6, 6.07) is 3.24. The third kappa shape index (κ3) is 1.09. The molecule has 9 heavy (non-hydrogen) atoms. The van der Waals surface area contributed by atoms with Gasteiger partial charge in [0.2, 0.25) is 0 Å². The maximum atomic E-state index is 11.8. The largest absolute Gasteiger partial charge is 0.318 e. The molecule has 0 aromatic carbocycles. The maximum Gasteiger partial charge on any atom is 0.318 e. The highest BCUT2D eigenvalue weighted by Gasteiger charge is 2.04. The van der Waals surface area contributed by atoms with Crippen LogP contribution >= 0.6 is 0 Å². The van der Waals surface area contributed by atoms with Crippen LogP contribution < -0.4 is 0 Å². The van der Waals surface area contributed by atoms with Gasteiger partial charge in [0.05, 0.1) is 0 Å². The van der Waals surface area contributed by atoms with E-state index in [1.54, 1.807) is 19.1 Å². The van der Waals surface area contributed by atoms with Crippen LogP contribution in [0.15, 0.2) is 18.3 Å². The highest BCUT2D eigenvalue weighted by Crippen LogP contribution is 2.12. The predicted molar refractivity (Wildman–Crippen MR) is 30.4 cm³/mol. The summed E-state index contributed by atoms with van der Waals surface area (Å²) in [5.74, 6) is 0. The molecule has 0 fully saturated rings. The monoisotopic (exact) mass is 131 g/mol. The number of hydrogen-bond acceptors (Lipinski definition) is 0. The van der Waals surface area contributed by atoms with Gasteiger partial charge in [-0.1, -0.05) is 0 Å². The predicted octanol–water partition coefficient (Wildman–Crippen LogP) is 2.19. The number of halogens is 2. The topological polar surface area (TPSA) is 4.93 Å². The van der Waals surface area contributed by atoms with E-state index in [-0.39, 0.29) is 0 Å². The zero-order valence-electron chi connectivity index (χ0n) is 5.01. The molecule has 50 valence electrons. The van der Waals surface area contributed by atoms with E-state index in [0.717, 1.165) is 4.57 Å². The van der Waals surface area contributed by atoms with Crippen molar-refractivity contribution < 1.29 is 8.78 Å². The fraction of sp³-hybridized carbons (Fsp3) is 0.333. The molecule has 0 aliphatic rings. The molecule has 0 bridgehead atoms. The molecule has 0 radical (unpaired) electrons. The van der Waals surface area contributed by atoms with Crippen molar-refractivity contribution in [2.24, 2.45) is 0 Å². The molecule has 1 rings (SSSR count). The first kappa shape index (κ1) is 6.26. The summed E-state index contributed by atoms with van der Waals surface area (Å²) in [6.45, 7) is -0.758. The first-order chi connectivity index (χ1) is 4.22. The molecular formula is C6H7F2N. The molecule has 0 spiro atoms. The van der Waals surface area contributed by atoms with E-state index < -0.39 is 6.55 Å². The van der Waals surface area contributed by atoms with Crippen molar-refractivity contribution >= 4 is 0 Å². The lowest BCUT2D eigenvalue weighted by Crippen LogP contribution is -1.96. The number of aromatic nitrogens is 1. The third-order valence-electron chi connectivity index (χ3n) is 1.20. The lowest BCUT2D eigenvalue weighted by Gasteiger charge is -2.01. The minimum atomic E-state index is -2.40. The smallest absolute Gasteiger partial charge is 0.296 e. The second kappa shape index (κ2) is 2.17. The van der Waals surface area contributed by atoms with Crippen molar-refractivity contribution in [2.45, 2.75) is 13.5 Å². The lowest BCUT2D eigenvalue weighted by atomic mass is 10.5. The summed E-state index contributed by atoms with van der Waals surface area (Å²) < 4.78 is 24.6. The fourth-order valence-electron chi connectivity index (χ4n) is 0.698. The van der Waals surface area contributed by atoms with Crippen molar-refractivity contribution in [1.29, 1.82) is 0 Å². The summed E-state index contributed by atoms with van der Waals surface area (Å²) in [5, 5.41) is 0. The number of nitrogens with zero attached hydrogens (tertiary/aromatic N) is 1. The van der Waals surface area contributed by atoms with Crippen LogP contribution in [0.2, 0.25) is 0 Å². The van der Waals surface area contributed by atoms with E-state index in [4.69, 9.17) is 0 Å². The van der Waals surface area contributed by atoms with E-state index in [9.17, 15) is 8.78 Å². The summed E-state index contributed by atoms with van der Waals surface area (Å²) >= 11 is 0. The Kier molecular flexibility index (Phi) is 1.51. The number of hydrogen-bond donors (Lipinski definition) is 0. The minimum Gasteiger partial charge on any atom is -0.296 e. The summed E-state index contributed by atoms with van der Waals surface area (Å²) in [5.41, 5.74) is 0.588. The normalized spacial score (nSPS) is 10.7. The Labute approximate surface area is 51.9 Å². The average Bonchev–Trinajstić information content (AvgIpc) is 2.13. The van der Waals surface area contributed by atoms with Crippen LogP contribution in [0.25, 0.3) is 0 Å². The zero-order chi connectivity index (χ0) is 6.85. The molecule has 0 aliphatic heterocycles. The quantitative estimate of drug-likeness (QED) is 0.550. The van der Waals surface area contributed by atoms with Gasteiger partial charge in [-0.2, -0.15) is 8.78 Å². The molecule has 0 unspecified atom stereocenters. The number of aryl methyl sites for hydroxylation is 1. The molecule has 0 saturated heterocycles. The van der Waals surface area contributed by atoms with E-state index in [0.29, 0.717) is 5.69 Å². The summed E-state index contributed by atoms with van der Waals surface area (Å²) in [6.07, 6.45) is 1.36. The van der Waals surface area contributed by atoms with E-state index in [2.05, 4.69) is 0 Å². The molecular weight excluding hydrogens is 124 g/mol. The lowest BCUT2D eigenvalue weighted by molar-refractivity contribution is 0.0687.